The zero-order valence-corrected chi connectivity index (χ0v) is 23.6. The number of hydrogen-bond acceptors (Lipinski definition) is 5. The van der Waals surface area contributed by atoms with Crippen LogP contribution in [0.2, 0.25) is 0 Å². The topological polar surface area (TPSA) is 87.9 Å². The third-order valence-electron chi connectivity index (χ3n) is 9.01. The summed E-state index contributed by atoms with van der Waals surface area (Å²) in [6.45, 7) is 2.54. The van der Waals surface area contributed by atoms with Crippen molar-refractivity contribution in [2.45, 2.75) is 76.0 Å². The molecule has 0 bridgehead atoms. The summed E-state index contributed by atoms with van der Waals surface area (Å²) in [5.41, 5.74) is 7.53. The van der Waals surface area contributed by atoms with Crippen molar-refractivity contribution in [3.63, 3.8) is 0 Å². The lowest BCUT2D eigenvalue weighted by atomic mass is 9.81. The molecule has 0 aromatic heterocycles. The number of carbonyl (C=O) groups is 2. The maximum Gasteiger partial charge on any atom is 0.254 e. The number of methoxy groups -OCH3 is 1. The Kier molecular flexibility index (Phi) is 9.37. The molecule has 2 aliphatic carbocycles. The van der Waals surface area contributed by atoms with Gasteiger partial charge in [0, 0.05) is 37.3 Å². The first-order valence-corrected chi connectivity index (χ1v) is 14.9. The van der Waals surface area contributed by atoms with E-state index in [1.807, 2.05) is 24.3 Å². The minimum absolute atomic E-state index is 0.0756. The highest BCUT2D eigenvalue weighted by atomic mass is 19.1. The molecular weight excluding hydrogens is 507 g/mol. The lowest BCUT2D eigenvalue weighted by molar-refractivity contribution is -0.128. The molecule has 4 atom stereocenters. The van der Waals surface area contributed by atoms with Crippen LogP contribution >= 0.6 is 0 Å². The zero-order valence-electron chi connectivity index (χ0n) is 23.6. The van der Waals surface area contributed by atoms with Crippen LogP contribution < -0.4 is 15.8 Å². The fraction of sp³-hybridized carbons (Fsp3) is 0.562. The number of carbonyl (C=O) groups excluding carboxylic acids is 2. The number of piperidine rings is 1. The summed E-state index contributed by atoms with van der Waals surface area (Å²) in [7, 11) is 1.58. The Hall–Kier alpha value is -2.97. The molecule has 2 amide bonds. The third kappa shape index (κ3) is 7.02. The number of benzene rings is 2. The van der Waals surface area contributed by atoms with Crippen LogP contribution in [-0.2, 0) is 11.3 Å². The molecule has 40 heavy (non-hydrogen) atoms. The van der Waals surface area contributed by atoms with Crippen LogP contribution in [0, 0.1) is 17.7 Å². The minimum Gasteiger partial charge on any atom is -0.497 e. The second kappa shape index (κ2) is 13.1. The predicted octanol–water partition coefficient (Wildman–Crippen LogP) is 4.35. The fourth-order valence-corrected chi connectivity index (χ4v) is 6.59. The Labute approximate surface area is 237 Å². The number of nitrogens with one attached hydrogen (secondary N) is 1. The number of nitrogens with zero attached hydrogens (tertiary/aromatic N) is 2. The normalized spacial score (nSPS) is 25.1. The molecule has 1 heterocycles. The van der Waals surface area contributed by atoms with Gasteiger partial charge in [-0.25, -0.2) is 4.39 Å². The summed E-state index contributed by atoms with van der Waals surface area (Å²) < 4.78 is 18.9. The van der Waals surface area contributed by atoms with Gasteiger partial charge >= 0.3 is 0 Å². The van der Waals surface area contributed by atoms with Crippen molar-refractivity contribution >= 4 is 11.8 Å². The second-order valence-corrected chi connectivity index (χ2v) is 11.8. The van der Waals surface area contributed by atoms with Gasteiger partial charge in [0.05, 0.1) is 7.11 Å². The van der Waals surface area contributed by atoms with Crippen LogP contribution in [0.4, 0.5) is 4.39 Å². The van der Waals surface area contributed by atoms with Crippen molar-refractivity contribution in [3.8, 4) is 5.75 Å². The van der Waals surface area contributed by atoms with Crippen molar-refractivity contribution in [1.29, 1.82) is 0 Å². The molecule has 2 aromatic rings. The van der Waals surface area contributed by atoms with Crippen molar-refractivity contribution in [1.82, 2.24) is 15.1 Å². The van der Waals surface area contributed by atoms with E-state index in [9.17, 15) is 14.0 Å². The number of likely N-dealkylation sites (tertiary alicyclic amines) is 1. The second-order valence-electron chi connectivity index (χ2n) is 11.8. The fourth-order valence-electron chi connectivity index (χ4n) is 6.59. The van der Waals surface area contributed by atoms with E-state index in [1.165, 1.54) is 18.6 Å². The van der Waals surface area contributed by atoms with Crippen LogP contribution in [0.15, 0.2) is 48.5 Å². The molecule has 3 fully saturated rings. The van der Waals surface area contributed by atoms with Crippen LogP contribution in [0.1, 0.15) is 67.3 Å². The van der Waals surface area contributed by atoms with Crippen molar-refractivity contribution in [2.24, 2.45) is 17.6 Å². The number of hydrogen-bond donors (Lipinski definition) is 2. The Bertz CT molecular complexity index is 1160. The van der Waals surface area contributed by atoms with Gasteiger partial charge in [-0.1, -0.05) is 24.6 Å². The summed E-state index contributed by atoms with van der Waals surface area (Å²) in [5, 5.41) is 3.23. The molecule has 1 aliphatic heterocycles. The molecule has 216 valence electrons. The highest BCUT2D eigenvalue weighted by Crippen LogP contribution is 2.35. The van der Waals surface area contributed by atoms with Gasteiger partial charge in [-0.05, 0) is 99.2 Å². The minimum atomic E-state index is -0.555. The van der Waals surface area contributed by atoms with Gasteiger partial charge in [0.25, 0.3) is 5.91 Å². The van der Waals surface area contributed by atoms with Gasteiger partial charge in [0.2, 0.25) is 5.91 Å². The Morgan fingerprint density at radius 2 is 1.80 bits per heavy atom. The van der Waals surface area contributed by atoms with Gasteiger partial charge in [0.1, 0.15) is 17.6 Å². The average molecular weight is 551 g/mol. The molecule has 0 radical (unpaired) electrons. The summed E-state index contributed by atoms with van der Waals surface area (Å²) in [4.78, 5) is 31.8. The van der Waals surface area contributed by atoms with E-state index >= 15 is 0 Å². The molecule has 1 saturated heterocycles. The third-order valence-corrected chi connectivity index (χ3v) is 9.01. The maximum absolute atomic E-state index is 13.8. The van der Waals surface area contributed by atoms with E-state index in [2.05, 4.69) is 10.2 Å². The van der Waals surface area contributed by atoms with Crippen molar-refractivity contribution in [2.75, 3.05) is 26.7 Å². The van der Waals surface area contributed by atoms with E-state index < -0.39 is 6.04 Å². The van der Waals surface area contributed by atoms with Gasteiger partial charge < -0.3 is 20.7 Å². The zero-order chi connectivity index (χ0) is 28.1. The standard InChI is InChI=1S/C32H43FN4O3/c1-40-29-7-3-6-25(17-29)32(39)36-15-14-28(37(27-12-13-27)21-22-8-10-26(33)11-9-22)18-30(36)31(38)35-20-24-5-2-4-23(16-24)19-34/h3,6-11,17,23-24,27-28,30H,2,4-5,12-16,18-21,34H2,1H3,(H,35,38)/t23?,24?,28?,30-/m1/s1. The Morgan fingerprint density at radius 1 is 1.02 bits per heavy atom. The lowest BCUT2D eigenvalue weighted by Crippen LogP contribution is -2.58. The molecular formula is C32H43FN4O3. The van der Waals surface area contributed by atoms with Gasteiger partial charge in [0.15, 0.2) is 0 Å². The molecule has 0 spiro atoms. The van der Waals surface area contributed by atoms with Crippen LogP contribution in [0.5, 0.6) is 5.75 Å². The Balaban J connectivity index is 1.33. The lowest BCUT2D eigenvalue weighted by Gasteiger charge is -2.43. The van der Waals surface area contributed by atoms with Crippen molar-refractivity contribution in [3.05, 3.63) is 65.5 Å². The van der Waals surface area contributed by atoms with E-state index in [1.54, 1.807) is 24.1 Å². The molecule has 7 nitrogen and oxygen atoms in total. The van der Waals surface area contributed by atoms with Gasteiger partial charge in [-0.15, -0.1) is 0 Å². The number of amides is 2. The average Bonchev–Trinajstić information content (AvgIpc) is 3.84. The van der Waals surface area contributed by atoms with Crippen LogP contribution in [0.25, 0.3) is 0 Å². The van der Waals surface area contributed by atoms with E-state index in [4.69, 9.17) is 10.5 Å². The quantitative estimate of drug-likeness (QED) is 0.459. The monoisotopic (exact) mass is 550 g/mol. The van der Waals surface area contributed by atoms with Crippen LogP contribution in [0.3, 0.4) is 0 Å². The molecule has 3 N–H and O–H groups in total. The summed E-state index contributed by atoms with van der Waals surface area (Å²) in [6, 6.07) is 13.9. The number of nitrogens with two attached hydrogens (primary N) is 1. The Morgan fingerprint density at radius 3 is 2.52 bits per heavy atom. The van der Waals surface area contributed by atoms with Crippen LogP contribution in [-0.4, -0.2) is 66.5 Å². The first-order valence-electron chi connectivity index (χ1n) is 14.9. The highest BCUT2D eigenvalue weighted by molar-refractivity contribution is 5.98. The highest BCUT2D eigenvalue weighted by Gasteiger charge is 2.42. The summed E-state index contributed by atoms with van der Waals surface area (Å²) in [5.74, 6) is 1.11. The molecule has 3 aliphatic rings. The SMILES string of the molecule is COc1cccc(C(=O)N2CCC(N(Cc3ccc(F)cc3)C3CC3)C[C@@H]2C(=O)NCC2CCCC(CN)C2)c1. The first-order chi connectivity index (χ1) is 19.4. The summed E-state index contributed by atoms with van der Waals surface area (Å²) in [6.07, 6.45) is 8.09. The number of halogens is 1. The van der Waals surface area contributed by atoms with Gasteiger partial charge in [-0.3, -0.25) is 14.5 Å². The van der Waals surface area contributed by atoms with E-state index in [0.29, 0.717) is 55.2 Å². The number of ether oxygens (including phenoxy) is 1. The smallest absolute Gasteiger partial charge is 0.254 e. The molecule has 5 rings (SSSR count). The molecule has 3 unspecified atom stereocenters. The van der Waals surface area contributed by atoms with E-state index in [0.717, 1.165) is 50.6 Å². The number of rotatable bonds is 10. The molecule has 8 heteroatoms. The molecule has 2 aromatic carbocycles. The summed E-state index contributed by atoms with van der Waals surface area (Å²) >= 11 is 0. The first kappa shape index (κ1) is 28.6. The van der Waals surface area contributed by atoms with Gasteiger partial charge in [-0.2, -0.15) is 0 Å². The van der Waals surface area contributed by atoms with Crippen molar-refractivity contribution < 1.29 is 18.7 Å². The largest absolute Gasteiger partial charge is 0.497 e. The molecule has 2 saturated carbocycles. The predicted molar refractivity (Wildman–Crippen MR) is 153 cm³/mol. The van der Waals surface area contributed by atoms with E-state index in [-0.39, 0.29) is 23.7 Å². The maximum atomic E-state index is 13.8.